The van der Waals surface area contributed by atoms with Gasteiger partial charge in [0.1, 0.15) is 11.8 Å². The van der Waals surface area contributed by atoms with E-state index in [1.165, 1.54) is 4.57 Å². The normalized spacial score (nSPS) is 13.9. The van der Waals surface area contributed by atoms with E-state index in [0.29, 0.717) is 22.9 Å². The van der Waals surface area contributed by atoms with Gasteiger partial charge >= 0.3 is 5.69 Å². The smallest absolute Gasteiger partial charge is 0.295 e. The second-order valence-electron chi connectivity index (χ2n) is 4.61. The molecule has 0 spiro atoms. The molecule has 0 bridgehead atoms. The van der Waals surface area contributed by atoms with Crippen molar-refractivity contribution in [3.8, 4) is 11.8 Å². The third-order valence-corrected chi connectivity index (χ3v) is 3.73. The van der Waals surface area contributed by atoms with Crippen LogP contribution in [0, 0.1) is 11.3 Å². The van der Waals surface area contributed by atoms with Crippen molar-refractivity contribution < 1.29 is 0 Å². The maximum atomic E-state index is 12.4. The molecule has 1 aromatic carbocycles. The van der Waals surface area contributed by atoms with Crippen LogP contribution in [0.2, 0.25) is 5.02 Å². The first kappa shape index (κ1) is 12.1. The third-order valence-electron chi connectivity index (χ3n) is 3.48. The number of nitrogens with zero attached hydrogens (tertiary/aromatic N) is 3. The van der Waals surface area contributed by atoms with Crippen molar-refractivity contribution in [2.75, 3.05) is 0 Å². The van der Waals surface area contributed by atoms with Crippen molar-refractivity contribution in [3.63, 3.8) is 0 Å². The summed E-state index contributed by atoms with van der Waals surface area (Å²) in [4.78, 5) is 12.4. The predicted octanol–water partition coefficient (Wildman–Crippen LogP) is 2.50. The van der Waals surface area contributed by atoms with E-state index in [9.17, 15) is 10.1 Å². The van der Waals surface area contributed by atoms with Crippen LogP contribution < -0.4 is 5.69 Å². The molecule has 4 nitrogen and oxygen atoms in total. The van der Waals surface area contributed by atoms with Gasteiger partial charge in [0, 0.05) is 11.6 Å². The Labute approximate surface area is 115 Å². The quantitative estimate of drug-likeness (QED) is 0.802. The number of imidazole rings is 1. The van der Waals surface area contributed by atoms with Gasteiger partial charge in [0.25, 0.3) is 0 Å². The van der Waals surface area contributed by atoms with Crippen LogP contribution in [0.5, 0.6) is 0 Å². The van der Waals surface area contributed by atoms with E-state index in [1.54, 1.807) is 28.8 Å². The summed E-state index contributed by atoms with van der Waals surface area (Å²) in [5.41, 5.74) is 1.86. The number of fused-ring (bicyclic) bond motifs is 1. The highest BCUT2D eigenvalue weighted by Gasteiger charge is 2.22. The molecule has 3 rings (SSSR count). The summed E-state index contributed by atoms with van der Waals surface area (Å²) in [6.45, 7) is 0.698. The molecule has 0 atom stereocenters. The van der Waals surface area contributed by atoms with Crippen LogP contribution in [-0.4, -0.2) is 9.13 Å². The summed E-state index contributed by atoms with van der Waals surface area (Å²) >= 11 is 5.86. The van der Waals surface area contributed by atoms with E-state index in [4.69, 9.17) is 11.6 Å². The average molecular weight is 274 g/mol. The Morgan fingerprint density at radius 1 is 1.21 bits per heavy atom. The molecular weight excluding hydrogens is 262 g/mol. The lowest BCUT2D eigenvalue weighted by Gasteiger charge is -2.12. The van der Waals surface area contributed by atoms with Crippen LogP contribution in [0.3, 0.4) is 0 Å². The lowest BCUT2D eigenvalue weighted by molar-refractivity contribution is 0.518. The fraction of sp³-hybridized carbons (Fsp3) is 0.286. The maximum Gasteiger partial charge on any atom is 0.334 e. The van der Waals surface area contributed by atoms with Crippen LogP contribution in [0.15, 0.2) is 29.1 Å². The number of aromatic nitrogens is 2. The minimum Gasteiger partial charge on any atom is -0.295 e. The van der Waals surface area contributed by atoms with Gasteiger partial charge in [0.15, 0.2) is 0 Å². The summed E-state index contributed by atoms with van der Waals surface area (Å²) in [5.74, 6) is 0. The molecule has 0 unspecified atom stereocenters. The predicted molar refractivity (Wildman–Crippen MR) is 72.7 cm³/mol. The number of hydrogen-bond donors (Lipinski definition) is 0. The molecule has 1 aliphatic rings. The summed E-state index contributed by atoms with van der Waals surface area (Å²) in [6, 6.07) is 9.13. The number of nitriles is 1. The number of benzene rings is 1. The topological polar surface area (TPSA) is 50.7 Å². The average Bonchev–Trinajstić information content (AvgIpc) is 2.73. The zero-order valence-electron chi connectivity index (χ0n) is 10.3. The van der Waals surface area contributed by atoms with Crippen molar-refractivity contribution in [3.05, 3.63) is 51.2 Å². The lowest BCUT2D eigenvalue weighted by atomic mass is 10.1. The first-order valence-electron chi connectivity index (χ1n) is 6.23. The van der Waals surface area contributed by atoms with Crippen molar-refractivity contribution in [1.29, 1.82) is 5.26 Å². The molecule has 0 saturated carbocycles. The Kier molecular flexibility index (Phi) is 2.92. The molecular formula is C14H12ClN3O. The van der Waals surface area contributed by atoms with Crippen LogP contribution >= 0.6 is 11.6 Å². The number of rotatable bonds is 1. The monoisotopic (exact) mass is 273 g/mol. The highest BCUT2D eigenvalue weighted by molar-refractivity contribution is 6.30. The van der Waals surface area contributed by atoms with Gasteiger partial charge in [-0.1, -0.05) is 11.6 Å². The molecule has 1 aromatic heterocycles. The fourth-order valence-electron chi connectivity index (χ4n) is 2.58. The van der Waals surface area contributed by atoms with E-state index in [-0.39, 0.29) is 5.69 Å². The van der Waals surface area contributed by atoms with Crippen molar-refractivity contribution in [2.45, 2.75) is 25.8 Å². The van der Waals surface area contributed by atoms with E-state index >= 15 is 0 Å². The zero-order chi connectivity index (χ0) is 13.4. The van der Waals surface area contributed by atoms with Crippen LogP contribution in [0.25, 0.3) is 5.69 Å². The molecule has 1 aliphatic heterocycles. The first-order valence-corrected chi connectivity index (χ1v) is 6.60. The standard InChI is InChI=1S/C14H12ClN3O/c15-10-4-6-11(7-5-10)18-13(9-16)12-3-1-2-8-17(12)14(18)19/h4-7H,1-3,8H2. The van der Waals surface area contributed by atoms with Crippen molar-refractivity contribution >= 4 is 11.6 Å². The van der Waals surface area contributed by atoms with Crippen molar-refractivity contribution in [1.82, 2.24) is 9.13 Å². The summed E-state index contributed by atoms with van der Waals surface area (Å²) < 4.78 is 3.20. The van der Waals surface area contributed by atoms with Crippen LogP contribution in [0.4, 0.5) is 0 Å². The van der Waals surface area contributed by atoms with Gasteiger partial charge in [-0.3, -0.25) is 9.13 Å². The van der Waals surface area contributed by atoms with Gasteiger partial charge in [-0.15, -0.1) is 0 Å². The summed E-state index contributed by atoms with van der Waals surface area (Å²) in [5, 5.41) is 9.96. The third kappa shape index (κ3) is 1.87. The molecule has 0 amide bonds. The van der Waals surface area contributed by atoms with E-state index < -0.39 is 0 Å². The SMILES string of the molecule is N#Cc1c2n(c(=O)n1-c1ccc(Cl)cc1)CCCC2. The molecule has 5 heteroatoms. The van der Waals surface area contributed by atoms with Gasteiger partial charge < -0.3 is 0 Å². The Bertz CT molecular complexity index is 719. The molecule has 0 aliphatic carbocycles. The van der Waals surface area contributed by atoms with E-state index in [1.807, 2.05) is 0 Å². The first-order chi connectivity index (χ1) is 9.22. The Balaban J connectivity index is 2.27. The minimum absolute atomic E-state index is 0.131. The van der Waals surface area contributed by atoms with Gasteiger partial charge in [-0.05, 0) is 43.5 Å². The molecule has 96 valence electrons. The van der Waals surface area contributed by atoms with Gasteiger partial charge in [0.2, 0.25) is 0 Å². The van der Waals surface area contributed by atoms with Gasteiger partial charge in [-0.2, -0.15) is 5.26 Å². The second-order valence-corrected chi connectivity index (χ2v) is 5.05. The highest BCUT2D eigenvalue weighted by Crippen LogP contribution is 2.20. The molecule has 0 fully saturated rings. The van der Waals surface area contributed by atoms with E-state index in [0.717, 1.165) is 25.0 Å². The second kappa shape index (κ2) is 4.60. The molecule has 2 aromatic rings. The minimum atomic E-state index is -0.131. The molecule has 2 heterocycles. The van der Waals surface area contributed by atoms with Gasteiger partial charge in [-0.25, -0.2) is 4.79 Å². The zero-order valence-corrected chi connectivity index (χ0v) is 11.0. The Morgan fingerprint density at radius 2 is 1.95 bits per heavy atom. The summed E-state index contributed by atoms with van der Waals surface area (Å²) in [6.07, 6.45) is 2.81. The van der Waals surface area contributed by atoms with E-state index in [2.05, 4.69) is 6.07 Å². The number of hydrogen-bond acceptors (Lipinski definition) is 2. The maximum absolute atomic E-state index is 12.4. The summed E-state index contributed by atoms with van der Waals surface area (Å²) in [7, 11) is 0. The Hall–Kier alpha value is -1.99. The molecule has 0 radical (unpaired) electrons. The molecule has 0 saturated heterocycles. The van der Waals surface area contributed by atoms with Crippen LogP contribution in [0.1, 0.15) is 24.2 Å². The number of halogens is 1. The highest BCUT2D eigenvalue weighted by atomic mass is 35.5. The largest absolute Gasteiger partial charge is 0.334 e. The van der Waals surface area contributed by atoms with Crippen LogP contribution in [-0.2, 0) is 13.0 Å². The van der Waals surface area contributed by atoms with Crippen molar-refractivity contribution in [2.24, 2.45) is 0 Å². The Morgan fingerprint density at radius 3 is 2.63 bits per heavy atom. The van der Waals surface area contributed by atoms with Gasteiger partial charge in [0.05, 0.1) is 11.4 Å². The lowest BCUT2D eigenvalue weighted by Crippen LogP contribution is -2.26. The fourth-order valence-corrected chi connectivity index (χ4v) is 2.71. The molecule has 0 N–H and O–H groups in total. The molecule has 19 heavy (non-hydrogen) atoms.